The largest absolute Gasteiger partial charge is 0.0865 e. The monoisotopic (exact) mass is 233 g/mol. The molecule has 86 valence electrons. The quantitative estimate of drug-likeness (QED) is 0.314. The molecule has 1 aromatic carbocycles. The molecule has 16 heavy (non-hydrogen) atoms. The highest BCUT2D eigenvalue weighted by Gasteiger charge is 2.30. The van der Waals surface area contributed by atoms with Crippen molar-refractivity contribution in [3.63, 3.8) is 0 Å². The van der Waals surface area contributed by atoms with Gasteiger partial charge < -0.3 is 0 Å². The minimum absolute atomic E-state index is 0.835. The molecule has 1 rings (SSSR count). The van der Waals surface area contributed by atoms with Gasteiger partial charge in [0.1, 0.15) is 0 Å². The smallest absolute Gasteiger partial charge is 0.0675 e. The minimum Gasteiger partial charge on any atom is -0.0675 e. The third-order valence-corrected chi connectivity index (χ3v) is 9.28. The summed E-state index contributed by atoms with van der Waals surface area (Å²) in [5.74, 6) is 0. The van der Waals surface area contributed by atoms with Gasteiger partial charge in [0.05, 0.1) is 8.07 Å². The summed E-state index contributed by atoms with van der Waals surface area (Å²) in [5, 5.41) is 5.15. The topological polar surface area (TPSA) is 48.8 Å². The SMILES string of the molecule is CC[Si](CC)(CC)c1ccccc1N=[N+]=[N-]. The predicted octanol–water partition coefficient (Wildman–Crippen LogP) is 4.34. The van der Waals surface area contributed by atoms with Crippen LogP contribution in [0.15, 0.2) is 29.4 Å². The van der Waals surface area contributed by atoms with E-state index in [9.17, 15) is 0 Å². The third kappa shape index (κ3) is 2.28. The van der Waals surface area contributed by atoms with E-state index >= 15 is 0 Å². The maximum Gasteiger partial charge on any atom is 0.0865 e. The highest BCUT2D eigenvalue weighted by Crippen LogP contribution is 2.24. The number of benzene rings is 1. The lowest BCUT2D eigenvalue weighted by Gasteiger charge is -2.29. The summed E-state index contributed by atoms with van der Waals surface area (Å²) in [7, 11) is -1.44. The van der Waals surface area contributed by atoms with E-state index in [1.165, 1.54) is 23.3 Å². The van der Waals surface area contributed by atoms with E-state index in [0.717, 1.165) is 5.69 Å². The van der Waals surface area contributed by atoms with E-state index in [4.69, 9.17) is 5.53 Å². The van der Waals surface area contributed by atoms with Crippen LogP contribution in [-0.4, -0.2) is 8.07 Å². The van der Waals surface area contributed by atoms with Crippen molar-refractivity contribution in [2.75, 3.05) is 0 Å². The zero-order valence-corrected chi connectivity index (χ0v) is 11.3. The Morgan fingerprint density at radius 1 is 1.12 bits per heavy atom. The molecule has 3 nitrogen and oxygen atoms in total. The molecular formula is C12H19N3Si. The van der Waals surface area contributed by atoms with Gasteiger partial charge in [0.2, 0.25) is 0 Å². The first-order chi connectivity index (χ1) is 7.74. The lowest BCUT2D eigenvalue weighted by atomic mass is 10.3. The first-order valence-corrected chi connectivity index (χ1v) is 8.50. The standard InChI is InChI=1S/C12H19N3Si/c1-4-16(5-2,6-3)12-10-8-7-9-11(12)14-15-13/h7-10H,4-6H2,1-3H3. The van der Waals surface area contributed by atoms with Gasteiger partial charge in [-0.3, -0.25) is 0 Å². The highest BCUT2D eigenvalue weighted by atomic mass is 28.3. The molecule has 0 fully saturated rings. The fraction of sp³-hybridized carbons (Fsp3) is 0.500. The molecule has 0 atom stereocenters. The Morgan fingerprint density at radius 2 is 1.69 bits per heavy atom. The van der Waals surface area contributed by atoms with Crippen LogP contribution >= 0.6 is 0 Å². The lowest BCUT2D eigenvalue weighted by molar-refractivity contribution is 1.19. The van der Waals surface area contributed by atoms with Crippen molar-refractivity contribution in [3.05, 3.63) is 34.7 Å². The number of hydrogen-bond acceptors (Lipinski definition) is 1. The van der Waals surface area contributed by atoms with Gasteiger partial charge in [-0.25, -0.2) is 0 Å². The second-order valence-electron chi connectivity index (χ2n) is 4.05. The Kier molecular flexibility index (Phi) is 4.59. The molecular weight excluding hydrogens is 214 g/mol. The van der Waals surface area contributed by atoms with E-state index in [-0.39, 0.29) is 0 Å². The van der Waals surface area contributed by atoms with Gasteiger partial charge >= 0.3 is 0 Å². The first-order valence-electron chi connectivity index (χ1n) is 5.88. The molecule has 0 unspecified atom stereocenters. The van der Waals surface area contributed by atoms with E-state index in [1.807, 2.05) is 12.1 Å². The van der Waals surface area contributed by atoms with Crippen LogP contribution < -0.4 is 5.19 Å². The Balaban J connectivity index is 3.33. The Bertz CT molecular complexity index is 385. The molecule has 0 aliphatic heterocycles. The first kappa shape index (κ1) is 12.8. The van der Waals surface area contributed by atoms with Gasteiger partial charge in [0.15, 0.2) is 0 Å². The summed E-state index contributed by atoms with van der Waals surface area (Å²) in [4.78, 5) is 2.93. The lowest BCUT2D eigenvalue weighted by Crippen LogP contribution is -2.45. The van der Waals surface area contributed by atoms with Crippen molar-refractivity contribution in [2.45, 2.75) is 38.9 Å². The molecule has 0 amide bonds. The van der Waals surface area contributed by atoms with Crippen LogP contribution in [0.25, 0.3) is 10.4 Å². The summed E-state index contributed by atoms with van der Waals surface area (Å²) in [6, 6.07) is 11.7. The van der Waals surface area contributed by atoms with Crippen molar-refractivity contribution in [1.29, 1.82) is 0 Å². The fourth-order valence-electron chi connectivity index (χ4n) is 2.38. The van der Waals surface area contributed by atoms with Gasteiger partial charge in [-0.15, -0.1) is 0 Å². The van der Waals surface area contributed by atoms with E-state index < -0.39 is 8.07 Å². The average molecular weight is 233 g/mol. The van der Waals surface area contributed by atoms with Crippen molar-refractivity contribution < 1.29 is 0 Å². The van der Waals surface area contributed by atoms with Gasteiger partial charge in [-0.05, 0) is 10.7 Å². The van der Waals surface area contributed by atoms with E-state index in [2.05, 4.69) is 42.9 Å². The number of rotatable bonds is 5. The Morgan fingerprint density at radius 3 is 2.19 bits per heavy atom. The van der Waals surface area contributed by atoms with Crippen LogP contribution in [-0.2, 0) is 0 Å². The number of nitrogens with zero attached hydrogens (tertiary/aromatic N) is 3. The number of azide groups is 1. The predicted molar refractivity (Wildman–Crippen MR) is 72.1 cm³/mol. The summed E-state index contributed by atoms with van der Waals surface area (Å²) in [5.41, 5.74) is 9.44. The zero-order valence-electron chi connectivity index (χ0n) is 10.3. The van der Waals surface area contributed by atoms with Crippen molar-refractivity contribution >= 4 is 18.9 Å². The van der Waals surface area contributed by atoms with Crippen LogP contribution in [0.3, 0.4) is 0 Å². The van der Waals surface area contributed by atoms with Gasteiger partial charge in [-0.1, -0.05) is 68.3 Å². The summed E-state index contributed by atoms with van der Waals surface area (Å²) < 4.78 is 0. The van der Waals surface area contributed by atoms with Crippen molar-refractivity contribution in [3.8, 4) is 0 Å². The van der Waals surface area contributed by atoms with Crippen LogP contribution in [0.2, 0.25) is 18.1 Å². The fourth-order valence-corrected chi connectivity index (χ4v) is 6.15. The molecule has 0 spiro atoms. The Labute approximate surface area is 98.1 Å². The van der Waals surface area contributed by atoms with Crippen molar-refractivity contribution in [2.24, 2.45) is 5.11 Å². The summed E-state index contributed by atoms with van der Waals surface area (Å²) >= 11 is 0. The minimum atomic E-state index is -1.44. The van der Waals surface area contributed by atoms with Crippen molar-refractivity contribution in [1.82, 2.24) is 0 Å². The molecule has 1 aromatic rings. The molecule has 0 heterocycles. The normalized spacial score (nSPS) is 10.9. The Hall–Kier alpha value is -1.25. The summed E-state index contributed by atoms with van der Waals surface area (Å²) in [6.45, 7) is 6.77. The summed E-state index contributed by atoms with van der Waals surface area (Å²) in [6.07, 6.45) is 0. The average Bonchev–Trinajstić information content (AvgIpc) is 2.34. The molecule has 0 aliphatic carbocycles. The molecule has 0 saturated carbocycles. The molecule has 0 radical (unpaired) electrons. The zero-order chi connectivity index (χ0) is 12.0. The van der Waals surface area contributed by atoms with E-state index in [1.54, 1.807) is 0 Å². The maximum absolute atomic E-state index is 8.60. The van der Waals surface area contributed by atoms with Gasteiger partial charge in [0, 0.05) is 10.6 Å². The molecule has 0 saturated heterocycles. The second kappa shape index (κ2) is 5.73. The van der Waals surface area contributed by atoms with Crippen LogP contribution in [0.4, 0.5) is 5.69 Å². The third-order valence-electron chi connectivity index (χ3n) is 3.66. The van der Waals surface area contributed by atoms with Gasteiger partial charge in [-0.2, -0.15) is 0 Å². The second-order valence-corrected chi connectivity index (χ2v) is 9.27. The molecule has 4 heteroatoms. The van der Waals surface area contributed by atoms with Crippen LogP contribution in [0.1, 0.15) is 20.8 Å². The van der Waals surface area contributed by atoms with E-state index in [0.29, 0.717) is 0 Å². The highest BCUT2D eigenvalue weighted by molar-refractivity contribution is 6.92. The molecule has 0 aliphatic rings. The van der Waals surface area contributed by atoms with Gasteiger partial charge in [0.25, 0.3) is 0 Å². The maximum atomic E-state index is 8.60. The number of hydrogen-bond donors (Lipinski definition) is 0. The molecule has 0 bridgehead atoms. The van der Waals surface area contributed by atoms with Crippen LogP contribution in [0.5, 0.6) is 0 Å². The molecule has 0 N–H and O–H groups in total. The molecule has 0 aromatic heterocycles. The van der Waals surface area contributed by atoms with Crippen LogP contribution in [0, 0.1) is 0 Å².